The lowest BCUT2D eigenvalue weighted by Gasteiger charge is -2.24. The van der Waals surface area contributed by atoms with Gasteiger partial charge in [-0.3, -0.25) is 4.98 Å². The molecule has 0 atom stereocenters. The molecule has 0 radical (unpaired) electrons. The topological polar surface area (TPSA) is 59.7 Å². The highest BCUT2D eigenvalue weighted by molar-refractivity contribution is 5.96. The predicted octanol–water partition coefficient (Wildman–Crippen LogP) is 7.69. The maximum absolute atomic E-state index is 13.8. The smallest absolute Gasteiger partial charge is 0.330 e. The molecule has 0 saturated heterocycles. The summed E-state index contributed by atoms with van der Waals surface area (Å²) in [7, 11) is 1.38. The maximum atomic E-state index is 13.8. The van der Waals surface area contributed by atoms with Crippen molar-refractivity contribution in [2.45, 2.75) is 31.6 Å². The van der Waals surface area contributed by atoms with Crippen molar-refractivity contribution < 1.29 is 39.5 Å². The molecule has 2 aromatic heterocycles. The van der Waals surface area contributed by atoms with Crippen LogP contribution < -0.4 is 4.90 Å². The molecule has 0 N–H and O–H groups in total. The van der Waals surface area contributed by atoms with Gasteiger partial charge in [-0.15, -0.1) is 5.10 Å². The zero-order valence-corrected chi connectivity index (χ0v) is 21.9. The molecule has 0 fully saturated rings. The van der Waals surface area contributed by atoms with Crippen LogP contribution in [0, 0.1) is 0 Å². The summed E-state index contributed by atoms with van der Waals surface area (Å²) in [6, 6.07) is 10.9. The third-order valence-corrected chi connectivity index (χ3v) is 6.57. The van der Waals surface area contributed by atoms with E-state index in [0.717, 1.165) is 21.8 Å². The third kappa shape index (κ3) is 6.54. The van der Waals surface area contributed by atoms with E-state index in [9.17, 15) is 39.5 Å². The van der Waals surface area contributed by atoms with Gasteiger partial charge in [0.15, 0.2) is 0 Å². The van der Waals surface area contributed by atoms with Crippen molar-refractivity contribution in [1.29, 1.82) is 0 Å². The summed E-state index contributed by atoms with van der Waals surface area (Å²) >= 11 is 0. The molecule has 5 aromatic rings. The molecular weight excluding hydrogens is 591 g/mol. The fraction of sp³-hybridized carbons (Fsp3) is 0.214. The summed E-state index contributed by atoms with van der Waals surface area (Å²) in [5.74, 6) is -0.223. The van der Waals surface area contributed by atoms with Crippen molar-refractivity contribution in [2.75, 3.05) is 4.90 Å². The summed E-state index contributed by atoms with van der Waals surface area (Å²) in [6.07, 6.45) is -11.8. The second-order valence-electron chi connectivity index (χ2n) is 9.62. The number of benzene rings is 3. The normalized spacial score (nSPS) is 12.6. The van der Waals surface area contributed by atoms with Crippen molar-refractivity contribution in [3.05, 3.63) is 101 Å². The van der Waals surface area contributed by atoms with E-state index in [-0.39, 0.29) is 17.6 Å². The minimum atomic E-state index is -5.09. The zero-order chi connectivity index (χ0) is 31.2. The van der Waals surface area contributed by atoms with Crippen LogP contribution in [0.25, 0.3) is 21.9 Å². The molecule has 0 amide bonds. The fourth-order valence-corrected chi connectivity index (χ4v) is 4.66. The summed E-state index contributed by atoms with van der Waals surface area (Å²) < 4.78 is 123. The van der Waals surface area contributed by atoms with Crippen molar-refractivity contribution in [2.24, 2.45) is 7.05 Å². The molecule has 224 valence electrons. The lowest BCUT2D eigenvalue weighted by Crippen LogP contribution is -2.25. The van der Waals surface area contributed by atoms with Crippen LogP contribution in [0.1, 0.15) is 27.8 Å². The van der Waals surface area contributed by atoms with Gasteiger partial charge in [0.05, 0.1) is 23.7 Å². The van der Waals surface area contributed by atoms with Crippen LogP contribution in [0.5, 0.6) is 0 Å². The Kier molecular flexibility index (Phi) is 7.52. The van der Waals surface area contributed by atoms with E-state index in [1.807, 2.05) is 0 Å². The molecule has 0 aliphatic carbocycles. The van der Waals surface area contributed by atoms with E-state index in [2.05, 4.69) is 20.4 Å². The number of aryl methyl sites for hydroxylation is 1. The maximum Gasteiger partial charge on any atom is 0.416 e. The number of rotatable bonds is 6. The molecule has 6 nitrogen and oxygen atoms in total. The molecule has 0 saturated carbocycles. The van der Waals surface area contributed by atoms with Gasteiger partial charge in [0, 0.05) is 30.9 Å². The molecule has 0 bridgehead atoms. The van der Waals surface area contributed by atoms with E-state index in [1.165, 1.54) is 19.3 Å². The molecule has 0 spiro atoms. The van der Waals surface area contributed by atoms with E-state index in [0.29, 0.717) is 34.0 Å². The number of anilines is 1. The van der Waals surface area contributed by atoms with Gasteiger partial charge in [-0.2, -0.15) is 44.3 Å². The Morgan fingerprint density at radius 1 is 0.721 bits per heavy atom. The molecule has 43 heavy (non-hydrogen) atoms. The first-order chi connectivity index (χ1) is 20.1. The molecule has 0 unspecified atom stereocenters. The molecule has 3 aromatic carbocycles. The van der Waals surface area contributed by atoms with E-state index < -0.39 is 53.9 Å². The fourth-order valence-electron chi connectivity index (χ4n) is 4.66. The first kappa shape index (κ1) is 29.8. The molecule has 0 aliphatic heterocycles. The number of hydrogen-bond donors (Lipinski definition) is 0. The molecule has 5 rings (SSSR count). The van der Waals surface area contributed by atoms with Crippen molar-refractivity contribution >= 4 is 16.7 Å². The van der Waals surface area contributed by atoms with Gasteiger partial charge in [0.2, 0.25) is 0 Å². The summed E-state index contributed by atoms with van der Waals surface area (Å²) in [6.45, 7) is -1.04. The SMILES string of the molecule is Cn1nnc(N(Cc2cc(C(F)(F)F)cc(C(F)(F)F)c2)Cc2cc(C(F)(F)F)ccc2-c2cccc3cnccc23)n1. The Morgan fingerprint density at radius 2 is 1.40 bits per heavy atom. The van der Waals surface area contributed by atoms with Crippen LogP contribution in [0.2, 0.25) is 0 Å². The number of halogens is 9. The Bertz CT molecular complexity index is 1740. The minimum Gasteiger partial charge on any atom is -0.330 e. The van der Waals surface area contributed by atoms with Crippen LogP contribution in [0.3, 0.4) is 0 Å². The quantitative estimate of drug-likeness (QED) is 0.185. The zero-order valence-electron chi connectivity index (χ0n) is 21.9. The average molecular weight is 610 g/mol. The second kappa shape index (κ2) is 10.9. The van der Waals surface area contributed by atoms with E-state index in [1.54, 1.807) is 30.5 Å². The van der Waals surface area contributed by atoms with Crippen LogP contribution in [0.4, 0.5) is 45.5 Å². The number of pyridine rings is 1. The van der Waals surface area contributed by atoms with Crippen molar-refractivity contribution in [3.8, 4) is 11.1 Å². The molecule has 0 aliphatic rings. The molecular formula is C28H19F9N6. The number of alkyl halides is 9. The largest absolute Gasteiger partial charge is 0.416 e. The summed E-state index contributed by atoms with van der Waals surface area (Å²) in [4.78, 5) is 6.22. The first-order valence-electron chi connectivity index (χ1n) is 12.4. The van der Waals surface area contributed by atoms with Gasteiger partial charge in [-0.05, 0) is 69.3 Å². The monoisotopic (exact) mass is 610 g/mol. The van der Waals surface area contributed by atoms with Crippen molar-refractivity contribution in [3.63, 3.8) is 0 Å². The minimum absolute atomic E-state index is 0.00527. The van der Waals surface area contributed by atoms with Crippen LogP contribution in [0.15, 0.2) is 73.1 Å². The summed E-state index contributed by atoms with van der Waals surface area (Å²) in [5, 5.41) is 12.9. The average Bonchev–Trinajstić information content (AvgIpc) is 3.37. The molecule has 2 heterocycles. The van der Waals surface area contributed by atoms with E-state index >= 15 is 0 Å². The Hall–Kier alpha value is -4.69. The Morgan fingerprint density at radius 3 is 2.00 bits per heavy atom. The second-order valence-corrected chi connectivity index (χ2v) is 9.62. The Labute approximate surface area is 237 Å². The highest BCUT2D eigenvalue weighted by Gasteiger charge is 2.37. The van der Waals surface area contributed by atoms with Crippen LogP contribution in [-0.2, 0) is 38.7 Å². The Balaban J connectivity index is 1.66. The third-order valence-electron chi connectivity index (χ3n) is 6.57. The number of hydrogen-bond acceptors (Lipinski definition) is 5. The standard InChI is InChI=1S/C28H19F9N6/c1-42-40-25(39-41-42)43(14-16-9-20(27(32,33)34)12-21(10-16)28(35,36)37)15-18-11-19(26(29,30)31)5-6-22(18)24-4-2-3-17-13-38-8-7-23(17)24/h2-13H,14-15H2,1H3. The van der Waals surface area contributed by atoms with Gasteiger partial charge in [0.1, 0.15) is 0 Å². The predicted molar refractivity (Wildman–Crippen MR) is 137 cm³/mol. The number of aromatic nitrogens is 5. The number of nitrogens with zero attached hydrogens (tertiary/aromatic N) is 6. The lowest BCUT2D eigenvalue weighted by molar-refractivity contribution is -0.143. The number of fused-ring (bicyclic) bond motifs is 1. The van der Waals surface area contributed by atoms with Gasteiger partial charge < -0.3 is 4.90 Å². The molecule has 15 heteroatoms. The number of tetrazole rings is 1. The van der Waals surface area contributed by atoms with Gasteiger partial charge in [0.25, 0.3) is 5.95 Å². The highest BCUT2D eigenvalue weighted by atomic mass is 19.4. The van der Waals surface area contributed by atoms with E-state index in [4.69, 9.17) is 0 Å². The highest BCUT2D eigenvalue weighted by Crippen LogP contribution is 2.39. The van der Waals surface area contributed by atoms with Crippen LogP contribution in [-0.4, -0.2) is 25.2 Å². The van der Waals surface area contributed by atoms with Gasteiger partial charge >= 0.3 is 18.5 Å². The van der Waals surface area contributed by atoms with Gasteiger partial charge in [-0.1, -0.05) is 29.4 Å². The van der Waals surface area contributed by atoms with Crippen LogP contribution >= 0.6 is 0 Å². The summed E-state index contributed by atoms with van der Waals surface area (Å²) in [5.41, 5.74) is -3.54. The first-order valence-corrected chi connectivity index (χ1v) is 12.4. The van der Waals surface area contributed by atoms with Gasteiger partial charge in [-0.25, -0.2) is 0 Å². The van der Waals surface area contributed by atoms with Crippen molar-refractivity contribution in [1.82, 2.24) is 25.2 Å². The lowest BCUT2D eigenvalue weighted by atomic mass is 9.93.